The normalized spacial score (nSPS) is 12.8. The highest BCUT2D eigenvalue weighted by atomic mass is 16.5. The molecule has 0 atom stereocenters. The monoisotopic (exact) mass is 523 g/mol. The molecule has 0 saturated heterocycles. The molecule has 2 aromatic rings. The number of benzene rings is 2. The third-order valence-electron chi connectivity index (χ3n) is 6.45. The zero-order valence-corrected chi connectivity index (χ0v) is 23.1. The van der Waals surface area contributed by atoms with Gasteiger partial charge in [0.05, 0.1) is 12.1 Å². The fraction of sp³-hybridized carbons (Fsp3) is 0.429. The highest BCUT2D eigenvalue weighted by molar-refractivity contribution is 6.08. The number of fused-ring (bicyclic) bond motifs is 1. The second-order valence-corrected chi connectivity index (χ2v) is 10.6. The summed E-state index contributed by atoms with van der Waals surface area (Å²) in [5.41, 5.74) is 4.20. The lowest BCUT2D eigenvalue weighted by molar-refractivity contribution is -0.139. The Hall–Kier alpha value is -3.92. The third-order valence-corrected chi connectivity index (χ3v) is 6.45. The number of nitrogens with zero attached hydrogens (tertiary/aromatic N) is 2. The predicted octanol–water partition coefficient (Wildman–Crippen LogP) is 2.62. The fourth-order valence-corrected chi connectivity index (χ4v) is 4.56. The molecule has 0 aromatic heterocycles. The summed E-state index contributed by atoms with van der Waals surface area (Å²) in [6, 6.07) is 7.11. The Morgan fingerprint density at radius 1 is 1.13 bits per heavy atom. The topological polar surface area (TPSA) is 135 Å². The molecule has 1 aliphatic rings. The van der Waals surface area contributed by atoms with E-state index >= 15 is 0 Å². The zero-order valence-electron chi connectivity index (χ0n) is 23.1. The summed E-state index contributed by atoms with van der Waals surface area (Å²) in [7, 11) is 7.05. The molecule has 1 heterocycles. The second-order valence-electron chi connectivity index (χ2n) is 10.6. The molecule has 10 nitrogen and oxygen atoms in total. The average molecular weight is 524 g/mol. The van der Waals surface area contributed by atoms with E-state index in [1.165, 1.54) is 0 Å². The van der Waals surface area contributed by atoms with Crippen LogP contribution in [0.5, 0.6) is 5.75 Å². The van der Waals surface area contributed by atoms with Gasteiger partial charge in [-0.05, 0) is 42.3 Å². The molecule has 0 aliphatic carbocycles. The van der Waals surface area contributed by atoms with Crippen molar-refractivity contribution in [3.63, 3.8) is 0 Å². The second kappa shape index (κ2) is 11.2. The molecule has 0 fully saturated rings. The van der Waals surface area contributed by atoms with Crippen molar-refractivity contribution >= 4 is 29.2 Å². The predicted molar refractivity (Wildman–Crippen MR) is 147 cm³/mol. The van der Waals surface area contributed by atoms with Gasteiger partial charge < -0.3 is 30.3 Å². The van der Waals surface area contributed by atoms with Gasteiger partial charge in [-0.15, -0.1) is 0 Å². The van der Waals surface area contributed by atoms with Crippen LogP contribution in [0.3, 0.4) is 0 Å². The summed E-state index contributed by atoms with van der Waals surface area (Å²) in [5.74, 6) is -0.836. The first-order valence-electron chi connectivity index (χ1n) is 12.4. The Morgan fingerprint density at radius 3 is 2.37 bits per heavy atom. The number of anilines is 1. The number of carboxylic acid groups (broad SMARTS) is 1. The van der Waals surface area contributed by atoms with E-state index in [4.69, 9.17) is 15.3 Å². The molecule has 0 bridgehead atoms. The molecule has 0 spiro atoms. The van der Waals surface area contributed by atoms with Gasteiger partial charge in [-0.1, -0.05) is 20.8 Å². The van der Waals surface area contributed by atoms with E-state index in [-0.39, 0.29) is 24.1 Å². The average Bonchev–Trinajstić information content (AvgIpc) is 3.14. The van der Waals surface area contributed by atoms with Gasteiger partial charge in [-0.25, -0.2) is 4.79 Å². The fourth-order valence-electron chi connectivity index (χ4n) is 4.56. The first kappa shape index (κ1) is 28.6. The van der Waals surface area contributed by atoms with Crippen LogP contribution in [-0.2, 0) is 23.3 Å². The SMILES string of the molecule is CNCc1cc(C(=O)CN2Cc3cc(N(C)C)c(C(=O)NC)cc3C2=N)cc(C(C)(C)C)c1OCC(=O)O. The number of nitrogens with one attached hydrogen (secondary N) is 3. The lowest BCUT2D eigenvalue weighted by Gasteiger charge is -2.26. The number of carboxylic acids is 1. The summed E-state index contributed by atoms with van der Waals surface area (Å²) >= 11 is 0. The van der Waals surface area contributed by atoms with Gasteiger partial charge in [0.25, 0.3) is 5.91 Å². The lowest BCUT2D eigenvalue weighted by Crippen LogP contribution is -2.30. The maximum absolute atomic E-state index is 13.5. The van der Waals surface area contributed by atoms with E-state index in [1.54, 1.807) is 37.2 Å². The van der Waals surface area contributed by atoms with E-state index in [0.29, 0.717) is 41.1 Å². The third kappa shape index (κ3) is 5.96. The van der Waals surface area contributed by atoms with E-state index in [2.05, 4.69) is 10.6 Å². The van der Waals surface area contributed by atoms with Crippen LogP contribution < -0.4 is 20.3 Å². The molecule has 3 rings (SSSR count). The van der Waals surface area contributed by atoms with Crippen LogP contribution in [0, 0.1) is 5.41 Å². The smallest absolute Gasteiger partial charge is 0.341 e. The van der Waals surface area contributed by atoms with Crippen LogP contribution in [0.1, 0.15) is 63.7 Å². The molecular weight excluding hydrogens is 486 g/mol. The Labute approximate surface area is 223 Å². The minimum atomic E-state index is -1.08. The number of hydrogen-bond acceptors (Lipinski definition) is 7. The van der Waals surface area contributed by atoms with Crippen LogP contribution in [-0.4, -0.2) is 74.8 Å². The Morgan fingerprint density at radius 2 is 1.82 bits per heavy atom. The molecule has 4 N–H and O–H groups in total. The first-order chi connectivity index (χ1) is 17.8. The number of carbonyl (C=O) groups is 3. The highest BCUT2D eigenvalue weighted by Crippen LogP contribution is 2.36. The van der Waals surface area contributed by atoms with Crippen molar-refractivity contribution in [2.45, 2.75) is 39.3 Å². The van der Waals surface area contributed by atoms with Crippen LogP contribution in [0.4, 0.5) is 5.69 Å². The van der Waals surface area contributed by atoms with Gasteiger partial charge in [0.15, 0.2) is 12.4 Å². The van der Waals surface area contributed by atoms with Crippen molar-refractivity contribution in [1.29, 1.82) is 5.41 Å². The van der Waals surface area contributed by atoms with Crippen molar-refractivity contribution < 1.29 is 24.2 Å². The zero-order chi connectivity index (χ0) is 28.4. The summed E-state index contributed by atoms with van der Waals surface area (Å²) in [5, 5.41) is 23.6. The van der Waals surface area contributed by atoms with Crippen molar-refractivity contribution in [3.05, 3.63) is 57.6 Å². The van der Waals surface area contributed by atoms with Gasteiger partial charge in [-0.2, -0.15) is 0 Å². The molecule has 0 radical (unpaired) electrons. The molecule has 1 amide bonds. The van der Waals surface area contributed by atoms with E-state index < -0.39 is 18.0 Å². The largest absolute Gasteiger partial charge is 0.481 e. The Kier molecular flexibility index (Phi) is 8.46. The van der Waals surface area contributed by atoms with Gasteiger partial charge in [0.2, 0.25) is 0 Å². The number of ketones is 1. The summed E-state index contributed by atoms with van der Waals surface area (Å²) in [6.45, 7) is 6.21. The maximum atomic E-state index is 13.5. The van der Waals surface area contributed by atoms with Crippen molar-refractivity contribution in [1.82, 2.24) is 15.5 Å². The number of carbonyl (C=O) groups excluding carboxylic acids is 2. The number of Topliss-reactive ketones (excluding diaryl/α,β-unsaturated/α-hetero) is 1. The van der Waals surface area contributed by atoms with E-state index in [1.807, 2.05) is 45.8 Å². The lowest BCUT2D eigenvalue weighted by atomic mass is 9.83. The molecular formula is C28H37N5O5. The van der Waals surface area contributed by atoms with Crippen molar-refractivity contribution in [2.75, 3.05) is 46.2 Å². The molecule has 38 heavy (non-hydrogen) atoms. The van der Waals surface area contributed by atoms with Crippen LogP contribution in [0.2, 0.25) is 0 Å². The number of amidine groups is 1. The van der Waals surface area contributed by atoms with Crippen molar-refractivity contribution in [3.8, 4) is 5.75 Å². The number of aliphatic carboxylic acids is 1. The van der Waals surface area contributed by atoms with E-state index in [9.17, 15) is 14.4 Å². The summed E-state index contributed by atoms with van der Waals surface area (Å²) in [4.78, 5) is 40.8. The standard InChI is InChI=1S/C28H37N5O5/c1-28(2,3)21-9-16(8-17(12-30-4)25(21)38-15-24(35)36)23(34)14-33-13-18-10-22(32(6)7)20(27(37)31-5)11-19(18)26(33)29/h8-11,29-30H,12-15H2,1-7H3,(H,31,37)(H,35,36). The van der Waals surface area contributed by atoms with Gasteiger partial charge in [-0.3, -0.25) is 15.0 Å². The van der Waals surface area contributed by atoms with Crippen molar-refractivity contribution in [2.24, 2.45) is 0 Å². The van der Waals surface area contributed by atoms with Crippen LogP contribution in [0.15, 0.2) is 24.3 Å². The summed E-state index contributed by atoms with van der Waals surface area (Å²) < 4.78 is 5.67. The summed E-state index contributed by atoms with van der Waals surface area (Å²) in [6.07, 6.45) is 0. The number of amides is 1. The molecule has 0 saturated carbocycles. The first-order valence-corrected chi connectivity index (χ1v) is 12.4. The molecule has 2 aromatic carbocycles. The van der Waals surface area contributed by atoms with Crippen LogP contribution in [0.25, 0.3) is 0 Å². The minimum absolute atomic E-state index is 0.0158. The highest BCUT2D eigenvalue weighted by Gasteiger charge is 2.30. The number of ether oxygens (including phenoxy) is 1. The molecule has 0 unspecified atom stereocenters. The number of rotatable bonds is 10. The molecule has 1 aliphatic heterocycles. The Balaban J connectivity index is 1.96. The minimum Gasteiger partial charge on any atom is -0.481 e. The van der Waals surface area contributed by atoms with Crippen LogP contribution >= 0.6 is 0 Å². The quantitative estimate of drug-likeness (QED) is 0.349. The van der Waals surface area contributed by atoms with E-state index in [0.717, 1.165) is 16.8 Å². The van der Waals surface area contributed by atoms with Gasteiger partial charge in [0.1, 0.15) is 11.6 Å². The molecule has 204 valence electrons. The number of hydrogen-bond donors (Lipinski definition) is 4. The Bertz CT molecular complexity index is 1280. The molecule has 10 heteroatoms. The van der Waals surface area contributed by atoms with Gasteiger partial charge >= 0.3 is 5.97 Å². The maximum Gasteiger partial charge on any atom is 0.341 e. The van der Waals surface area contributed by atoms with Gasteiger partial charge in [0, 0.05) is 62.2 Å².